The topological polar surface area (TPSA) is 26.3 Å². The highest BCUT2D eigenvalue weighted by atomic mass is 16.5. The second kappa shape index (κ2) is 9.02. The first-order valence-corrected chi connectivity index (χ1v) is 14.3. The van der Waals surface area contributed by atoms with E-state index in [0.29, 0.717) is 5.41 Å². The summed E-state index contributed by atoms with van der Waals surface area (Å²) in [5, 5.41) is 0. The van der Waals surface area contributed by atoms with Gasteiger partial charge in [-0.2, -0.15) is 0 Å². The maximum Gasteiger partial charge on any atom is 0.302 e. The maximum atomic E-state index is 11.8. The van der Waals surface area contributed by atoms with Crippen LogP contribution in [0, 0.1) is 51.8 Å². The van der Waals surface area contributed by atoms with Crippen molar-refractivity contribution >= 4 is 5.97 Å². The molecule has 8 atom stereocenters. The Morgan fingerprint density at radius 3 is 2.39 bits per heavy atom. The molecular formula is C31H52O2. The molecule has 0 radical (unpaired) electrons. The molecule has 0 aromatic rings. The molecule has 4 aliphatic rings. The zero-order chi connectivity index (χ0) is 24.2. The van der Waals surface area contributed by atoms with Crippen molar-refractivity contribution in [2.45, 2.75) is 126 Å². The molecule has 2 nitrogen and oxygen atoms in total. The van der Waals surface area contributed by atoms with Gasteiger partial charge < -0.3 is 4.74 Å². The SMILES string of the molecule is CC(=O)O[C@H]1CC[C@@]2(C)C(=CC[C@@H]3[C@H]4CC[C@@H]([C@H](C)CCCC(C)C)[C@@]4(C)CC[C@H]32)C1(C)C. The van der Waals surface area contributed by atoms with Gasteiger partial charge >= 0.3 is 5.97 Å². The lowest BCUT2D eigenvalue weighted by Gasteiger charge is -2.61. The molecule has 0 unspecified atom stereocenters. The second-order valence-electron chi connectivity index (χ2n) is 14.0. The number of hydrogen-bond acceptors (Lipinski definition) is 2. The fourth-order valence-corrected chi connectivity index (χ4v) is 9.81. The highest BCUT2D eigenvalue weighted by Crippen LogP contribution is 2.69. The predicted molar refractivity (Wildman–Crippen MR) is 138 cm³/mol. The van der Waals surface area contributed by atoms with Crippen LogP contribution in [-0.4, -0.2) is 12.1 Å². The van der Waals surface area contributed by atoms with E-state index in [1.807, 2.05) is 0 Å². The van der Waals surface area contributed by atoms with Crippen molar-refractivity contribution in [3.8, 4) is 0 Å². The minimum absolute atomic E-state index is 0.0299. The molecule has 0 heterocycles. The minimum atomic E-state index is -0.126. The second-order valence-corrected chi connectivity index (χ2v) is 14.0. The fraction of sp³-hybridized carbons (Fsp3) is 0.903. The van der Waals surface area contributed by atoms with E-state index in [4.69, 9.17) is 4.74 Å². The van der Waals surface area contributed by atoms with Gasteiger partial charge in [0.05, 0.1) is 0 Å². The third kappa shape index (κ3) is 4.24. The van der Waals surface area contributed by atoms with Crippen LogP contribution in [0.3, 0.4) is 0 Å². The average molecular weight is 457 g/mol. The van der Waals surface area contributed by atoms with Gasteiger partial charge in [-0.25, -0.2) is 0 Å². The number of esters is 1. The van der Waals surface area contributed by atoms with Gasteiger partial charge in [-0.15, -0.1) is 0 Å². The van der Waals surface area contributed by atoms with E-state index in [2.05, 4.69) is 54.5 Å². The maximum absolute atomic E-state index is 11.8. The lowest BCUT2D eigenvalue weighted by Crippen LogP contribution is -2.55. The predicted octanol–water partition coefficient (Wildman–Crippen LogP) is 8.60. The summed E-state index contributed by atoms with van der Waals surface area (Å²) in [6.07, 6.45) is 16.1. The molecule has 2 heteroatoms. The molecule has 0 N–H and O–H groups in total. The third-order valence-electron chi connectivity index (χ3n) is 11.4. The molecule has 0 bridgehead atoms. The van der Waals surface area contributed by atoms with Crippen molar-refractivity contribution in [1.29, 1.82) is 0 Å². The van der Waals surface area contributed by atoms with Crippen LogP contribution in [-0.2, 0) is 9.53 Å². The summed E-state index contributed by atoms with van der Waals surface area (Å²) in [7, 11) is 0. The van der Waals surface area contributed by atoms with Crippen LogP contribution in [0.2, 0.25) is 0 Å². The molecule has 4 aliphatic carbocycles. The summed E-state index contributed by atoms with van der Waals surface area (Å²) in [6.45, 7) is 18.8. The zero-order valence-electron chi connectivity index (χ0n) is 23.0. The summed E-state index contributed by atoms with van der Waals surface area (Å²) < 4.78 is 5.83. The van der Waals surface area contributed by atoms with Crippen LogP contribution < -0.4 is 0 Å². The van der Waals surface area contributed by atoms with Gasteiger partial charge in [0, 0.05) is 12.3 Å². The Hall–Kier alpha value is -0.790. The van der Waals surface area contributed by atoms with Gasteiger partial charge in [-0.05, 0) is 91.3 Å². The van der Waals surface area contributed by atoms with Gasteiger partial charge in [-0.1, -0.05) is 79.4 Å². The molecule has 0 aromatic carbocycles. The van der Waals surface area contributed by atoms with Gasteiger partial charge in [-0.3, -0.25) is 4.79 Å². The highest BCUT2D eigenvalue weighted by Gasteiger charge is 2.61. The molecule has 4 rings (SSSR count). The van der Waals surface area contributed by atoms with Crippen LogP contribution in [0.1, 0.15) is 120 Å². The third-order valence-corrected chi connectivity index (χ3v) is 11.4. The van der Waals surface area contributed by atoms with Gasteiger partial charge in [0.1, 0.15) is 6.10 Å². The van der Waals surface area contributed by atoms with Crippen LogP contribution in [0.4, 0.5) is 0 Å². The van der Waals surface area contributed by atoms with Gasteiger partial charge in [0.15, 0.2) is 0 Å². The molecule has 0 amide bonds. The number of ether oxygens (including phenoxy) is 1. The zero-order valence-corrected chi connectivity index (χ0v) is 23.0. The molecule has 3 saturated carbocycles. The summed E-state index contributed by atoms with van der Waals surface area (Å²) in [5.74, 6) is 5.07. The molecule has 0 aromatic heterocycles. The first-order chi connectivity index (χ1) is 15.4. The first kappa shape index (κ1) is 25.3. The number of fused-ring (bicyclic) bond motifs is 5. The number of allylic oxidation sites excluding steroid dienone is 1. The van der Waals surface area contributed by atoms with Crippen LogP contribution in [0.15, 0.2) is 11.6 Å². The summed E-state index contributed by atoms with van der Waals surface area (Å²) in [5.41, 5.74) is 2.39. The van der Waals surface area contributed by atoms with Crippen molar-refractivity contribution in [3.05, 3.63) is 11.6 Å². The standard InChI is InChI=1S/C31H52O2/c1-20(2)10-9-11-21(3)24-13-14-25-23-12-15-27-29(5,6)28(33-22(4)32)17-19-31(27,8)26(23)16-18-30(24,25)7/h15,20-21,23-26,28H,9-14,16-19H2,1-8H3/t21-,23-,24+,25-,26-,28+,30-,31-/m1/s1. The molecule has 3 fully saturated rings. The Morgan fingerprint density at radius 2 is 1.73 bits per heavy atom. The normalized spacial score (nSPS) is 42.7. The minimum Gasteiger partial charge on any atom is -0.462 e. The Labute approximate surface area is 204 Å². The Bertz CT molecular complexity index is 763. The first-order valence-electron chi connectivity index (χ1n) is 14.3. The van der Waals surface area contributed by atoms with E-state index >= 15 is 0 Å². The largest absolute Gasteiger partial charge is 0.462 e. The van der Waals surface area contributed by atoms with E-state index in [-0.39, 0.29) is 22.9 Å². The molecular weight excluding hydrogens is 404 g/mol. The Morgan fingerprint density at radius 1 is 1.00 bits per heavy atom. The summed E-state index contributed by atoms with van der Waals surface area (Å²) >= 11 is 0. The number of carbonyl (C=O) groups is 1. The van der Waals surface area contributed by atoms with Crippen molar-refractivity contribution in [2.75, 3.05) is 0 Å². The average Bonchev–Trinajstić information content (AvgIpc) is 3.07. The van der Waals surface area contributed by atoms with Gasteiger partial charge in [0.25, 0.3) is 0 Å². The van der Waals surface area contributed by atoms with E-state index < -0.39 is 0 Å². The van der Waals surface area contributed by atoms with Crippen molar-refractivity contribution in [2.24, 2.45) is 51.8 Å². The molecule has 0 saturated heterocycles. The monoisotopic (exact) mass is 456 g/mol. The smallest absolute Gasteiger partial charge is 0.302 e. The van der Waals surface area contributed by atoms with Crippen LogP contribution in [0.25, 0.3) is 0 Å². The Kier molecular flexibility index (Phi) is 6.91. The van der Waals surface area contributed by atoms with E-state index in [9.17, 15) is 4.79 Å². The molecule has 0 aliphatic heterocycles. The van der Waals surface area contributed by atoms with E-state index in [1.54, 1.807) is 12.5 Å². The lowest BCUT2D eigenvalue weighted by molar-refractivity contribution is -0.157. The van der Waals surface area contributed by atoms with Crippen molar-refractivity contribution in [1.82, 2.24) is 0 Å². The van der Waals surface area contributed by atoms with E-state index in [0.717, 1.165) is 41.9 Å². The van der Waals surface area contributed by atoms with Crippen LogP contribution in [0.5, 0.6) is 0 Å². The summed E-state index contributed by atoms with van der Waals surface area (Å²) in [6, 6.07) is 0. The van der Waals surface area contributed by atoms with Crippen molar-refractivity contribution < 1.29 is 9.53 Å². The fourth-order valence-electron chi connectivity index (χ4n) is 9.81. The Balaban J connectivity index is 1.53. The molecule has 188 valence electrons. The summed E-state index contributed by atoms with van der Waals surface area (Å²) in [4.78, 5) is 11.8. The number of carbonyl (C=O) groups excluding carboxylic acids is 1. The molecule has 0 spiro atoms. The van der Waals surface area contributed by atoms with E-state index in [1.165, 1.54) is 57.8 Å². The number of rotatable bonds is 6. The number of hydrogen-bond donors (Lipinski definition) is 0. The molecule has 33 heavy (non-hydrogen) atoms. The van der Waals surface area contributed by atoms with Crippen molar-refractivity contribution in [3.63, 3.8) is 0 Å². The lowest BCUT2D eigenvalue weighted by atomic mass is 9.44. The quantitative estimate of drug-likeness (QED) is 0.295. The van der Waals surface area contributed by atoms with Crippen LogP contribution >= 0.6 is 0 Å². The van der Waals surface area contributed by atoms with Gasteiger partial charge in [0.2, 0.25) is 0 Å². The highest BCUT2D eigenvalue weighted by molar-refractivity contribution is 5.66.